The van der Waals surface area contributed by atoms with Gasteiger partial charge in [-0.05, 0) is 49.3 Å². The average molecular weight is 332 g/mol. The van der Waals surface area contributed by atoms with Crippen molar-refractivity contribution in [1.29, 1.82) is 0 Å². The van der Waals surface area contributed by atoms with Crippen LogP contribution >= 0.6 is 23.1 Å². The van der Waals surface area contributed by atoms with Gasteiger partial charge in [0.15, 0.2) is 0 Å². The number of carbonyl (C=O) groups is 1. The van der Waals surface area contributed by atoms with E-state index in [4.69, 9.17) is 0 Å². The molecule has 1 N–H and O–H groups in total. The Bertz CT molecular complexity index is 620. The molecule has 3 rings (SSSR count). The second-order valence-corrected chi connectivity index (χ2v) is 7.87. The van der Waals surface area contributed by atoms with Crippen LogP contribution in [0.3, 0.4) is 0 Å². The minimum absolute atomic E-state index is 0.0636. The summed E-state index contributed by atoms with van der Waals surface area (Å²) in [7, 11) is 0. The SMILES string of the molecule is CC(NC(=O)c1ccccc1SCc1cccs1)C1CCC1. The summed E-state index contributed by atoms with van der Waals surface area (Å²) in [6.07, 6.45) is 3.80. The van der Waals surface area contributed by atoms with Crippen molar-refractivity contribution < 1.29 is 4.79 Å². The average Bonchev–Trinajstić information content (AvgIpc) is 2.96. The second-order valence-electron chi connectivity index (χ2n) is 5.82. The first-order valence-electron chi connectivity index (χ1n) is 7.79. The van der Waals surface area contributed by atoms with Gasteiger partial charge >= 0.3 is 0 Å². The van der Waals surface area contributed by atoms with E-state index in [9.17, 15) is 4.79 Å². The molecule has 1 amide bonds. The summed E-state index contributed by atoms with van der Waals surface area (Å²) in [5.74, 6) is 1.64. The first-order chi connectivity index (χ1) is 10.7. The van der Waals surface area contributed by atoms with E-state index in [1.807, 2.05) is 24.3 Å². The number of thioether (sulfide) groups is 1. The first kappa shape index (κ1) is 15.6. The molecule has 1 atom stereocenters. The molecule has 0 saturated heterocycles. The minimum Gasteiger partial charge on any atom is -0.349 e. The van der Waals surface area contributed by atoms with Crippen LogP contribution in [0.5, 0.6) is 0 Å². The molecular weight excluding hydrogens is 310 g/mol. The molecule has 0 radical (unpaired) electrons. The van der Waals surface area contributed by atoms with Crippen molar-refractivity contribution in [3.63, 3.8) is 0 Å². The number of thiophene rings is 1. The van der Waals surface area contributed by atoms with Gasteiger partial charge in [-0.2, -0.15) is 0 Å². The number of carbonyl (C=O) groups excluding carboxylic acids is 1. The van der Waals surface area contributed by atoms with Crippen LogP contribution in [0.2, 0.25) is 0 Å². The molecule has 2 aromatic rings. The van der Waals surface area contributed by atoms with Gasteiger partial charge < -0.3 is 5.32 Å². The normalized spacial score (nSPS) is 16.0. The molecule has 0 spiro atoms. The molecule has 1 unspecified atom stereocenters. The zero-order valence-corrected chi connectivity index (χ0v) is 14.4. The van der Waals surface area contributed by atoms with Crippen molar-refractivity contribution >= 4 is 29.0 Å². The molecule has 1 aliphatic carbocycles. The summed E-state index contributed by atoms with van der Waals surface area (Å²) in [4.78, 5) is 15.0. The van der Waals surface area contributed by atoms with E-state index in [1.54, 1.807) is 23.1 Å². The molecule has 1 heterocycles. The van der Waals surface area contributed by atoms with Gasteiger partial charge in [-0.3, -0.25) is 4.79 Å². The highest BCUT2D eigenvalue weighted by Crippen LogP contribution is 2.31. The predicted molar refractivity (Wildman–Crippen MR) is 94.6 cm³/mol. The lowest BCUT2D eigenvalue weighted by molar-refractivity contribution is 0.0906. The van der Waals surface area contributed by atoms with Crippen LogP contribution in [0.1, 0.15) is 41.4 Å². The highest BCUT2D eigenvalue weighted by Gasteiger charge is 2.25. The third kappa shape index (κ3) is 3.73. The van der Waals surface area contributed by atoms with Gasteiger partial charge in [-0.1, -0.05) is 24.6 Å². The van der Waals surface area contributed by atoms with Crippen LogP contribution in [0.15, 0.2) is 46.7 Å². The summed E-state index contributed by atoms with van der Waals surface area (Å²) in [5, 5.41) is 5.27. The summed E-state index contributed by atoms with van der Waals surface area (Å²) in [5.41, 5.74) is 0.801. The van der Waals surface area contributed by atoms with Crippen molar-refractivity contribution in [2.45, 2.75) is 42.9 Å². The maximum absolute atomic E-state index is 12.6. The molecule has 116 valence electrons. The van der Waals surface area contributed by atoms with Crippen molar-refractivity contribution in [1.82, 2.24) is 5.32 Å². The van der Waals surface area contributed by atoms with E-state index >= 15 is 0 Å². The zero-order chi connectivity index (χ0) is 15.4. The third-order valence-corrected chi connectivity index (χ3v) is 6.48. The van der Waals surface area contributed by atoms with Crippen LogP contribution in [0.4, 0.5) is 0 Å². The molecule has 0 bridgehead atoms. The second kappa shape index (κ2) is 7.34. The smallest absolute Gasteiger partial charge is 0.252 e. The van der Waals surface area contributed by atoms with Crippen molar-refractivity contribution in [2.75, 3.05) is 0 Å². The highest BCUT2D eigenvalue weighted by molar-refractivity contribution is 7.98. The number of nitrogens with one attached hydrogen (secondary N) is 1. The number of hydrogen-bond acceptors (Lipinski definition) is 3. The molecule has 22 heavy (non-hydrogen) atoms. The number of benzene rings is 1. The van der Waals surface area contributed by atoms with Gasteiger partial charge in [-0.15, -0.1) is 23.1 Å². The lowest BCUT2D eigenvalue weighted by Crippen LogP contribution is -2.40. The maximum Gasteiger partial charge on any atom is 0.252 e. The van der Waals surface area contributed by atoms with E-state index in [1.165, 1.54) is 24.1 Å². The first-order valence-corrected chi connectivity index (χ1v) is 9.65. The number of amides is 1. The van der Waals surface area contributed by atoms with E-state index in [0.29, 0.717) is 5.92 Å². The van der Waals surface area contributed by atoms with E-state index in [2.05, 4.69) is 29.8 Å². The number of hydrogen-bond donors (Lipinski definition) is 1. The minimum atomic E-state index is 0.0636. The molecule has 2 nitrogen and oxygen atoms in total. The standard InChI is InChI=1S/C18H21NOS2/c1-13(14-6-4-7-14)19-18(20)16-9-2-3-10-17(16)22-12-15-8-5-11-21-15/h2-3,5,8-11,13-14H,4,6-7,12H2,1H3,(H,19,20). The van der Waals surface area contributed by atoms with Gasteiger partial charge in [0, 0.05) is 21.6 Å². The van der Waals surface area contributed by atoms with Gasteiger partial charge in [-0.25, -0.2) is 0 Å². The predicted octanol–water partition coefficient (Wildman–Crippen LogP) is 4.96. The van der Waals surface area contributed by atoms with Crippen LogP contribution < -0.4 is 5.32 Å². The molecule has 1 aromatic heterocycles. The summed E-state index contributed by atoms with van der Waals surface area (Å²) in [6, 6.07) is 12.4. The molecule has 1 aliphatic rings. The molecule has 4 heteroatoms. The topological polar surface area (TPSA) is 29.1 Å². The zero-order valence-electron chi connectivity index (χ0n) is 12.7. The van der Waals surface area contributed by atoms with E-state index in [-0.39, 0.29) is 11.9 Å². The quantitative estimate of drug-likeness (QED) is 0.758. The number of rotatable bonds is 6. The fraction of sp³-hybridized carbons (Fsp3) is 0.389. The summed E-state index contributed by atoms with van der Waals surface area (Å²) in [6.45, 7) is 2.13. The van der Waals surface area contributed by atoms with Crippen molar-refractivity contribution in [2.24, 2.45) is 5.92 Å². The highest BCUT2D eigenvalue weighted by atomic mass is 32.2. The third-order valence-electron chi connectivity index (χ3n) is 4.30. The van der Waals surface area contributed by atoms with E-state index < -0.39 is 0 Å². The Morgan fingerprint density at radius 1 is 1.32 bits per heavy atom. The largest absolute Gasteiger partial charge is 0.349 e. The van der Waals surface area contributed by atoms with Crippen molar-refractivity contribution in [3.8, 4) is 0 Å². The Kier molecular flexibility index (Phi) is 5.21. The fourth-order valence-corrected chi connectivity index (χ4v) is 4.49. The van der Waals surface area contributed by atoms with Gasteiger partial charge in [0.25, 0.3) is 5.91 Å². The Labute approximate surface area is 140 Å². The molecule has 1 aromatic carbocycles. The lowest BCUT2D eigenvalue weighted by Gasteiger charge is -2.32. The van der Waals surface area contributed by atoms with Gasteiger partial charge in [0.2, 0.25) is 0 Å². The van der Waals surface area contributed by atoms with E-state index in [0.717, 1.165) is 16.2 Å². The summed E-state index contributed by atoms with van der Waals surface area (Å²) >= 11 is 3.50. The molecule has 1 fully saturated rings. The Balaban J connectivity index is 1.65. The van der Waals surface area contributed by atoms with Crippen LogP contribution in [0.25, 0.3) is 0 Å². The van der Waals surface area contributed by atoms with Crippen LogP contribution in [0, 0.1) is 5.92 Å². The fourth-order valence-electron chi connectivity index (χ4n) is 2.67. The maximum atomic E-state index is 12.6. The van der Waals surface area contributed by atoms with Crippen LogP contribution in [-0.4, -0.2) is 11.9 Å². The molecular formula is C18H21NOS2. The van der Waals surface area contributed by atoms with Crippen LogP contribution in [-0.2, 0) is 5.75 Å². The molecule has 0 aliphatic heterocycles. The van der Waals surface area contributed by atoms with Gasteiger partial charge in [0.1, 0.15) is 0 Å². The Hall–Kier alpha value is -1.26. The van der Waals surface area contributed by atoms with Gasteiger partial charge in [0.05, 0.1) is 5.56 Å². The monoisotopic (exact) mass is 331 g/mol. The Morgan fingerprint density at radius 3 is 2.82 bits per heavy atom. The lowest BCUT2D eigenvalue weighted by atomic mass is 9.80. The van der Waals surface area contributed by atoms with Crippen molar-refractivity contribution in [3.05, 3.63) is 52.2 Å². The summed E-state index contributed by atoms with van der Waals surface area (Å²) < 4.78 is 0. The molecule has 1 saturated carbocycles. The Morgan fingerprint density at radius 2 is 2.14 bits per heavy atom.